The molecule has 1 N–H and O–H groups in total. The van der Waals surface area contributed by atoms with Gasteiger partial charge in [-0.25, -0.2) is 9.78 Å². The van der Waals surface area contributed by atoms with Gasteiger partial charge in [0, 0.05) is 31.4 Å². The number of hydrogen-bond acceptors (Lipinski definition) is 5. The maximum Gasteiger partial charge on any atom is 0.338 e. The zero-order valence-electron chi connectivity index (χ0n) is 11.0. The first-order valence-corrected chi connectivity index (χ1v) is 6.15. The van der Waals surface area contributed by atoms with E-state index in [-0.39, 0.29) is 5.97 Å². The van der Waals surface area contributed by atoms with Crippen LogP contribution in [0.15, 0.2) is 18.3 Å². The van der Waals surface area contributed by atoms with Gasteiger partial charge in [-0.3, -0.25) is 0 Å². The number of nitrogens with zero attached hydrogens (tertiary/aromatic N) is 2. The molecule has 2 heterocycles. The van der Waals surface area contributed by atoms with Crippen LogP contribution < -0.4 is 10.2 Å². The fraction of sp³-hybridized carbons (Fsp3) is 0.538. The lowest BCUT2D eigenvalue weighted by molar-refractivity contribution is 0.0600. The molecule has 5 heteroatoms. The number of ether oxygens (including phenoxy) is 1. The maximum atomic E-state index is 11.5. The third kappa shape index (κ3) is 2.79. The molecule has 1 fully saturated rings. The Bertz CT molecular complexity index is 426. The molecule has 2 rings (SSSR count). The number of aromatic nitrogens is 1. The van der Waals surface area contributed by atoms with Crippen LogP contribution in [0.4, 0.5) is 5.82 Å². The standard InChI is InChI=1S/C13H19N3O2/c1-9-7-16(8-10(2)15-9)12-6-11(4-5-14-12)13(17)18-3/h4-6,9-10,15H,7-8H2,1-3H3. The van der Waals surface area contributed by atoms with Crippen molar-refractivity contribution in [3.63, 3.8) is 0 Å². The first-order chi connectivity index (χ1) is 8.60. The maximum absolute atomic E-state index is 11.5. The summed E-state index contributed by atoms with van der Waals surface area (Å²) in [6, 6.07) is 4.29. The summed E-state index contributed by atoms with van der Waals surface area (Å²) in [7, 11) is 1.39. The van der Waals surface area contributed by atoms with Gasteiger partial charge in [0.25, 0.3) is 0 Å². The van der Waals surface area contributed by atoms with E-state index in [1.165, 1.54) is 7.11 Å². The van der Waals surface area contributed by atoms with Crippen molar-refractivity contribution in [2.24, 2.45) is 0 Å². The van der Waals surface area contributed by atoms with Gasteiger partial charge in [0.15, 0.2) is 0 Å². The fourth-order valence-corrected chi connectivity index (χ4v) is 2.35. The van der Waals surface area contributed by atoms with Gasteiger partial charge in [0.1, 0.15) is 5.82 Å². The molecule has 0 aliphatic carbocycles. The Balaban J connectivity index is 2.20. The smallest absolute Gasteiger partial charge is 0.338 e. The Kier molecular flexibility index (Phi) is 3.81. The van der Waals surface area contributed by atoms with Crippen LogP contribution >= 0.6 is 0 Å². The van der Waals surface area contributed by atoms with E-state index in [2.05, 4.69) is 29.0 Å². The number of pyridine rings is 1. The highest BCUT2D eigenvalue weighted by atomic mass is 16.5. The summed E-state index contributed by atoms with van der Waals surface area (Å²) in [6.07, 6.45) is 1.65. The first-order valence-electron chi connectivity index (χ1n) is 6.15. The van der Waals surface area contributed by atoms with Crippen LogP contribution in [0.5, 0.6) is 0 Å². The number of rotatable bonds is 2. The minimum absolute atomic E-state index is 0.324. The molecule has 2 atom stereocenters. The predicted molar refractivity (Wildman–Crippen MR) is 69.8 cm³/mol. The molecule has 0 aromatic carbocycles. The quantitative estimate of drug-likeness (QED) is 0.794. The minimum atomic E-state index is -0.324. The first kappa shape index (κ1) is 12.8. The van der Waals surface area contributed by atoms with Gasteiger partial charge in [0.05, 0.1) is 12.7 Å². The van der Waals surface area contributed by atoms with E-state index in [4.69, 9.17) is 4.74 Å². The van der Waals surface area contributed by atoms with Crippen molar-refractivity contribution in [3.05, 3.63) is 23.9 Å². The molecule has 0 saturated carbocycles. The van der Waals surface area contributed by atoms with Crippen LogP contribution in [0.25, 0.3) is 0 Å². The van der Waals surface area contributed by atoms with Gasteiger partial charge in [-0.2, -0.15) is 0 Å². The van der Waals surface area contributed by atoms with Crippen LogP contribution in [0.3, 0.4) is 0 Å². The van der Waals surface area contributed by atoms with Gasteiger partial charge in [0.2, 0.25) is 0 Å². The lowest BCUT2D eigenvalue weighted by Gasteiger charge is -2.36. The van der Waals surface area contributed by atoms with Crippen molar-refractivity contribution >= 4 is 11.8 Å². The van der Waals surface area contributed by atoms with E-state index in [0.29, 0.717) is 17.6 Å². The second kappa shape index (κ2) is 5.35. The van der Waals surface area contributed by atoms with Crippen molar-refractivity contribution < 1.29 is 9.53 Å². The van der Waals surface area contributed by atoms with Gasteiger partial charge < -0.3 is 15.0 Å². The largest absolute Gasteiger partial charge is 0.465 e. The van der Waals surface area contributed by atoms with Gasteiger partial charge in [-0.15, -0.1) is 0 Å². The third-order valence-corrected chi connectivity index (χ3v) is 3.05. The topological polar surface area (TPSA) is 54.5 Å². The molecule has 5 nitrogen and oxygen atoms in total. The molecular formula is C13H19N3O2. The molecule has 1 saturated heterocycles. The van der Waals surface area contributed by atoms with Gasteiger partial charge in [-0.1, -0.05) is 0 Å². The van der Waals surface area contributed by atoms with E-state index >= 15 is 0 Å². The van der Waals surface area contributed by atoms with E-state index in [1.807, 2.05) is 0 Å². The molecule has 1 aliphatic rings. The fourth-order valence-electron chi connectivity index (χ4n) is 2.35. The van der Waals surface area contributed by atoms with E-state index in [9.17, 15) is 4.79 Å². The van der Waals surface area contributed by atoms with Crippen molar-refractivity contribution in [1.82, 2.24) is 10.3 Å². The summed E-state index contributed by atoms with van der Waals surface area (Å²) in [5.41, 5.74) is 0.543. The number of esters is 1. The van der Waals surface area contributed by atoms with E-state index in [1.54, 1.807) is 18.3 Å². The highest BCUT2D eigenvalue weighted by molar-refractivity contribution is 5.90. The van der Waals surface area contributed by atoms with Crippen LogP contribution in [0.1, 0.15) is 24.2 Å². The molecular weight excluding hydrogens is 230 g/mol. The lowest BCUT2D eigenvalue weighted by Crippen LogP contribution is -2.54. The van der Waals surface area contributed by atoms with Crippen LogP contribution in [-0.2, 0) is 4.74 Å². The molecule has 0 radical (unpaired) electrons. The number of hydrogen-bond donors (Lipinski definition) is 1. The Morgan fingerprint density at radius 3 is 2.72 bits per heavy atom. The van der Waals surface area contributed by atoms with Gasteiger partial charge in [-0.05, 0) is 26.0 Å². The SMILES string of the molecule is COC(=O)c1ccnc(N2CC(C)NC(C)C2)c1. The van der Waals surface area contributed by atoms with E-state index < -0.39 is 0 Å². The second-order valence-electron chi connectivity index (χ2n) is 4.77. The van der Waals surface area contributed by atoms with Crippen LogP contribution in [0.2, 0.25) is 0 Å². The summed E-state index contributed by atoms with van der Waals surface area (Å²) in [5.74, 6) is 0.507. The highest BCUT2D eigenvalue weighted by Crippen LogP contribution is 2.16. The van der Waals surface area contributed by atoms with Gasteiger partial charge >= 0.3 is 5.97 Å². The molecule has 0 bridgehead atoms. The summed E-state index contributed by atoms with van der Waals surface area (Å²) >= 11 is 0. The third-order valence-electron chi connectivity index (χ3n) is 3.05. The summed E-state index contributed by atoms with van der Waals surface area (Å²) in [4.78, 5) is 18.0. The zero-order valence-corrected chi connectivity index (χ0v) is 11.0. The van der Waals surface area contributed by atoms with Crippen molar-refractivity contribution in [3.8, 4) is 0 Å². The Morgan fingerprint density at radius 2 is 2.11 bits per heavy atom. The number of anilines is 1. The molecule has 0 spiro atoms. The molecule has 1 aliphatic heterocycles. The van der Waals surface area contributed by atoms with E-state index in [0.717, 1.165) is 18.9 Å². The van der Waals surface area contributed by atoms with Crippen LogP contribution in [0, 0.1) is 0 Å². The number of nitrogens with one attached hydrogen (secondary N) is 1. The number of piperazine rings is 1. The zero-order chi connectivity index (χ0) is 13.1. The molecule has 1 aromatic rings. The molecule has 98 valence electrons. The van der Waals surface area contributed by atoms with Crippen molar-refractivity contribution in [1.29, 1.82) is 0 Å². The molecule has 2 unspecified atom stereocenters. The average Bonchev–Trinajstić information content (AvgIpc) is 2.37. The summed E-state index contributed by atoms with van der Waals surface area (Å²) in [6.45, 7) is 6.07. The van der Waals surface area contributed by atoms with Crippen LogP contribution in [-0.4, -0.2) is 43.2 Å². The lowest BCUT2D eigenvalue weighted by atomic mass is 10.1. The minimum Gasteiger partial charge on any atom is -0.465 e. The molecule has 18 heavy (non-hydrogen) atoms. The highest BCUT2D eigenvalue weighted by Gasteiger charge is 2.22. The monoisotopic (exact) mass is 249 g/mol. The van der Waals surface area contributed by atoms with Crippen molar-refractivity contribution in [2.45, 2.75) is 25.9 Å². The number of methoxy groups -OCH3 is 1. The Hall–Kier alpha value is -1.62. The van der Waals surface area contributed by atoms with Crippen molar-refractivity contribution in [2.75, 3.05) is 25.1 Å². The summed E-state index contributed by atoms with van der Waals surface area (Å²) < 4.78 is 4.72. The summed E-state index contributed by atoms with van der Waals surface area (Å²) in [5, 5.41) is 3.47. The molecule has 1 aromatic heterocycles. The normalized spacial score (nSPS) is 23.8. The Morgan fingerprint density at radius 1 is 1.44 bits per heavy atom. The second-order valence-corrected chi connectivity index (χ2v) is 4.77. The number of carbonyl (C=O) groups is 1. The molecule has 0 amide bonds. The predicted octanol–water partition coefficient (Wildman–Crippen LogP) is 1.05. The average molecular weight is 249 g/mol. The Labute approximate surface area is 107 Å². The number of carbonyl (C=O) groups excluding carboxylic acids is 1.